The number of hydrazine groups is 1. The molecular weight excluding hydrogens is 911 g/mol. The number of halogens is 2. The van der Waals surface area contributed by atoms with Crippen LogP contribution in [0.2, 0.25) is 0 Å². The molecular formula is C54H68F2N8O7. The number of likely N-dealkylation sites (tertiary alicyclic amines) is 2. The minimum Gasteiger partial charge on any atom is -0.464 e. The summed E-state index contributed by atoms with van der Waals surface area (Å²) < 4.78 is 42.0. The van der Waals surface area contributed by atoms with Gasteiger partial charge in [-0.25, -0.2) is 19.0 Å². The van der Waals surface area contributed by atoms with Crippen LogP contribution in [0.5, 0.6) is 0 Å². The molecule has 0 saturated carbocycles. The van der Waals surface area contributed by atoms with E-state index < -0.39 is 60.6 Å². The van der Waals surface area contributed by atoms with Crippen molar-refractivity contribution in [3.05, 3.63) is 89.3 Å². The van der Waals surface area contributed by atoms with Crippen LogP contribution in [0.1, 0.15) is 89.3 Å². The van der Waals surface area contributed by atoms with Crippen molar-refractivity contribution < 1.29 is 42.2 Å². The van der Waals surface area contributed by atoms with Crippen molar-refractivity contribution in [3.8, 4) is 22.4 Å². The standard InChI is InChI=1S/C54H68F2N8O7/c1-9-61-43-17-16-36-27-39(43)40(49(61)38-13-11-20-57-47(38)33(4)70-8)28-54(5,6)31-71-52(68)41-14-12-21-64(59-41)51(67)42(26-34-23-35(29-56)25-37(36)24-34)58-50(66)48(32(2)3)60(7)53(69)63-30-45-44(63)18-22-62(45)46(65)15-10-19-55/h10-11,13,15-17,20,23-25,27,32-33,41-42,44-45,48,59H,9,12,14,18-19,21-22,26,28-31H2,1-8H3,(H,58,66)/b15-10+/t33-,41-,42-,44-,45-,48-/m0/s1. The zero-order valence-electron chi connectivity index (χ0n) is 42.2. The Morgan fingerprint density at radius 2 is 1.82 bits per heavy atom. The number of allylic oxidation sites excluding steroid dienone is 1. The number of alkyl halides is 2. The number of carbonyl (C=O) groups is 5. The van der Waals surface area contributed by atoms with E-state index in [-0.39, 0.29) is 56.2 Å². The van der Waals surface area contributed by atoms with Gasteiger partial charge in [0, 0.05) is 80.9 Å². The number of amides is 5. The average molecular weight is 979 g/mol. The summed E-state index contributed by atoms with van der Waals surface area (Å²) in [5, 5.41) is 5.36. The SMILES string of the molecule is CCn1c(-c2cccnc2[C@H](C)OC)c2c3cc(ccc31)-c1cc(CF)cc(c1)C[C@H](NC(=O)[C@H](C(C)C)N(C)C(=O)N1C[C@H]3[C@@H]1CCN3C(=O)/C=C/CF)C(=O)N1CCC[C@H](N1)C(=O)OCC(C)(C)C2. The lowest BCUT2D eigenvalue weighted by atomic mass is 9.84. The fourth-order valence-electron chi connectivity index (χ4n) is 11.1. The zero-order valence-corrected chi connectivity index (χ0v) is 42.2. The summed E-state index contributed by atoms with van der Waals surface area (Å²) >= 11 is 0. The fourth-order valence-corrected chi connectivity index (χ4v) is 11.1. The number of cyclic esters (lactones) is 1. The summed E-state index contributed by atoms with van der Waals surface area (Å²) in [5.74, 6) is -2.25. The van der Waals surface area contributed by atoms with Crippen molar-refractivity contribution in [3.63, 3.8) is 0 Å². The molecule has 71 heavy (non-hydrogen) atoms. The smallest absolute Gasteiger partial charge is 0.324 e. The molecule has 2 aromatic carbocycles. The van der Waals surface area contributed by atoms with Gasteiger partial charge < -0.3 is 34.1 Å². The molecule has 3 fully saturated rings. The van der Waals surface area contributed by atoms with Crippen LogP contribution in [-0.4, -0.2) is 136 Å². The number of ether oxygens (including phenoxy) is 2. The molecule has 0 radical (unpaired) electrons. The van der Waals surface area contributed by atoms with E-state index in [0.29, 0.717) is 49.9 Å². The van der Waals surface area contributed by atoms with Gasteiger partial charge in [-0.05, 0) is 110 Å². The first-order valence-corrected chi connectivity index (χ1v) is 24.9. The van der Waals surface area contributed by atoms with E-state index in [1.165, 1.54) is 22.1 Å². The number of esters is 1. The number of carbonyl (C=O) groups excluding carboxylic acids is 5. The van der Waals surface area contributed by atoms with Crippen LogP contribution >= 0.6 is 0 Å². The van der Waals surface area contributed by atoms with Gasteiger partial charge >= 0.3 is 12.0 Å². The van der Waals surface area contributed by atoms with Gasteiger partial charge in [0.2, 0.25) is 11.8 Å². The Morgan fingerprint density at radius 1 is 1.03 bits per heavy atom. The van der Waals surface area contributed by atoms with Crippen LogP contribution in [0, 0.1) is 11.3 Å². The Morgan fingerprint density at radius 3 is 2.54 bits per heavy atom. The Labute approximate surface area is 414 Å². The monoisotopic (exact) mass is 979 g/mol. The van der Waals surface area contributed by atoms with Crippen molar-refractivity contribution in [2.24, 2.45) is 11.3 Å². The zero-order chi connectivity index (χ0) is 50.9. The molecule has 5 amide bonds. The number of nitrogens with zero attached hydrogens (tertiary/aromatic N) is 6. The van der Waals surface area contributed by atoms with Gasteiger partial charge in [-0.15, -0.1) is 0 Å². The van der Waals surface area contributed by atoms with Gasteiger partial charge in [-0.3, -0.25) is 29.2 Å². The van der Waals surface area contributed by atoms with E-state index in [1.54, 1.807) is 36.2 Å². The average Bonchev–Trinajstić information content (AvgIpc) is 3.85. The number of nitrogens with one attached hydrogen (secondary N) is 2. The molecule has 15 nitrogen and oxygen atoms in total. The number of aromatic nitrogens is 2. The highest BCUT2D eigenvalue weighted by atomic mass is 19.1. The van der Waals surface area contributed by atoms with E-state index in [2.05, 4.69) is 54.3 Å². The molecule has 0 unspecified atom stereocenters. The van der Waals surface area contributed by atoms with Gasteiger partial charge in [-0.1, -0.05) is 45.9 Å². The van der Waals surface area contributed by atoms with E-state index in [4.69, 9.17) is 14.5 Å². The predicted molar refractivity (Wildman–Crippen MR) is 266 cm³/mol. The minimum atomic E-state index is -1.20. The van der Waals surface area contributed by atoms with Crippen molar-refractivity contribution in [2.45, 2.75) is 123 Å². The van der Waals surface area contributed by atoms with E-state index in [1.807, 2.05) is 45.0 Å². The van der Waals surface area contributed by atoms with Crippen LogP contribution in [-0.2, 0) is 54.7 Å². The first-order valence-electron chi connectivity index (χ1n) is 24.9. The molecule has 2 aromatic heterocycles. The Bertz CT molecular complexity index is 2700. The third-order valence-electron chi connectivity index (χ3n) is 14.7. The minimum absolute atomic E-state index is 0.0305. The molecule has 4 aliphatic rings. The third-order valence-corrected chi connectivity index (χ3v) is 14.7. The van der Waals surface area contributed by atoms with E-state index >= 15 is 4.39 Å². The van der Waals surface area contributed by atoms with Gasteiger partial charge in [0.1, 0.15) is 31.5 Å². The maximum Gasteiger partial charge on any atom is 0.324 e. The van der Waals surface area contributed by atoms with Crippen molar-refractivity contribution in [1.29, 1.82) is 0 Å². The van der Waals surface area contributed by atoms with E-state index in [9.17, 15) is 28.4 Å². The molecule has 6 heterocycles. The van der Waals surface area contributed by atoms with Crippen molar-refractivity contribution in [2.75, 3.05) is 47.1 Å². The molecule has 0 aliphatic carbocycles. The highest BCUT2D eigenvalue weighted by Crippen LogP contribution is 2.42. The second kappa shape index (κ2) is 21.3. The summed E-state index contributed by atoms with van der Waals surface area (Å²) in [7, 11) is 3.22. The summed E-state index contributed by atoms with van der Waals surface area (Å²) in [6.07, 6.45) is 5.79. The van der Waals surface area contributed by atoms with Crippen LogP contribution in [0.4, 0.5) is 13.6 Å². The topological polar surface area (TPSA) is 159 Å². The number of rotatable bonds is 11. The molecule has 4 aromatic rings. The number of urea groups is 1. The van der Waals surface area contributed by atoms with Crippen LogP contribution in [0.25, 0.3) is 33.3 Å². The first kappa shape index (κ1) is 51.2. The van der Waals surface area contributed by atoms with Crippen LogP contribution in [0.3, 0.4) is 0 Å². The summed E-state index contributed by atoms with van der Waals surface area (Å²) in [4.78, 5) is 79.9. The number of hydrogen-bond acceptors (Lipinski definition) is 9. The summed E-state index contributed by atoms with van der Waals surface area (Å²) in [6, 6.07) is 11.7. The molecule has 2 N–H and O–H groups in total. The number of aryl methyl sites for hydroxylation is 1. The van der Waals surface area contributed by atoms with E-state index in [0.717, 1.165) is 44.5 Å². The Balaban J connectivity index is 1.17. The van der Waals surface area contributed by atoms with Gasteiger partial charge in [0.15, 0.2) is 0 Å². The molecule has 17 heteroatoms. The maximum absolute atomic E-state index is 15.0. The number of hydrogen-bond donors (Lipinski definition) is 2. The first-order chi connectivity index (χ1) is 34.0. The molecule has 0 spiro atoms. The summed E-state index contributed by atoms with van der Waals surface area (Å²) in [5.41, 5.74) is 9.85. The van der Waals surface area contributed by atoms with Gasteiger partial charge in [-0.2, -0.15) is 0 Å². The number of fused-ring (bicyclic) bond motifs is 7. The molecule has 6 bridgehead atoms. The maximum atomic E-state index is 15.0. The lowest BCUT2D eigenvalue weighted by Crippen LogP contribution is -2.68. The highest BCUT2D eigenvalue weighted by Gasteiger charge is 2.52. The lowest BCUT2D eigenvalue weighted by Gasteiger charge is -2.48. The number of benzene rings is 2. The van der Waals surface area contributed by atoms with Crippen molar-refractivity contribution >= 4 is 40.6 Å². The second-order valence-corrected chi connectivity index (χ2v) is 20.6. The fraction of sp³-hybridized carbons (Fsp3) is 0.519. The number of pyridine rings is 1. The lowest BCUT2D eigenvalue weighted by molar-refractivity contribution is -0.155. The summed E-state index contributed by atoms with van der Waals surface area (Å²) in [6.45, 7) is 12.0. The molecule has 4 aliphatic heterocycles. The molecule has 6 atom stereocenters. The Kier molecular flexibility index (Phi) is 15.3. The van der Waals surface area contributed by atoms with Crippen LogP contribution in [0.15, 0.2) is 66.9 Å². The molecule has 3 saturated heterocycles. The predicted octanol–water partition coefficient (Wildman–Crippen LogP) is 7.10. The highest BCUT2D eigenvalue weighted by molar-refractivity contribution is 5.96. The molecule has 380 valence electrons. The quantitative estimate of drug-likeness (QED) is 0.118. The Hall–Kier alpha value is -6.20. The van der Waals surface area contributed by atoms with Gasteiger partial charge in [0.05, 0.1) is 36.2 Å². The largest absolute Gasteiger partial charge is 0.464 e. The third kappa shape index (κ3) is 10.3. The number of methoxy groups -OCH3 is 1. The normalized spacial score (nSPS) is 22.2. The van der Waals surface area contributed by atoms with Crippen LogP contribution < -0.4 is 10.7 Å². The second-order valence-electron chi connectivity index (χ2n) is 20.6. The van der Waals surface area contributed by atoms with Gasteiger partial charge in [0.25, 0.3) is 5.91 Å². The van der Waals surface area contributed by atoms with Crippen molar-refractivity contribution in [1.82, 2.24) is 40.0 Å². The molecule has 8 rings (SSSR count). The number of likely N-dealkylation sites (N-methyl/N-ethyl adjacent to an activating group) is 1.